The first-order valence-corrected chi connectivity index (χ1v) is 5.89. The molecule has 0 saturated carbocycles. The minimum Gasteiger partial charge on any atom is -0.369 e. The largest absolute Gasteiger partial charge is 0.369 e. The van der Waals surface area contributed by atoms with E-state index in [4.69, 9.17) is 5.73 Å². The molecule has 4 heteroatoms. The molecule has 0 spiro atoms. The van der Waals surface area contributed by atoms with Crippen LogP contribution in [0.5, 0.6) is 0 Å². The van der Waals surface area contributed by atoms with Gasteiger partial charge in [-0.3, -0.25) is 0 Å². The smallest absolute Gasteiger partial charge is 0.198 e. The summed E-state index contributed by atoms with van der Waals surface area (Å²) in [4.78, 5) is 4.38. The molecule has 2 aromatic carbocycles. The number of guanidine groups is 1. The Morgan fingerprint density at radius 1 is 0.947 bits per heavy atom. The second kappa shape index (κ2) is 6.85. The van der Waals surface area contributed by atoms with E-state index in [1.807, 2.05) is 62.4 Å². The van der Waals surface area contributed by atoms with Crippen LogP contribution < -0.4 is 11.1 Å². The Bertz CT molecular complexity index is 579. The van der Waals surface area contributed by atoms with Gasteiger partial charge in [-0.05, 0) is 37.1 Å². The monoisotopic (exact) mass is 273 g/mol. The predicted octanol–water partition coefficient (Wildman–Crippen LogP) is 3.47. The van der Waals surface area contributed by atoms with Crippen molar-refractivity contribution in [1.82, 2.24) is 0 Å². The van der Waals surface area contributed by atoms with E-state index in [0.29, 0.717) is 5.96 Å². The fourth-order valence-corrected chi connectivity index (χ4v) is 1.70. The van der Waals surface area contributed by atoms with Crippen LogP contribution in [0, 0.1) is 13.8 Å². The molecule has 0 aromatic heterocycles. The zero-order valence-corrected chi connectivity index (χ0v) is 12.1. The van der Waals surface area contributed by atoms with Gasteiger partial charge in [-0.15, -0.1) is 0 Å². The maximum absolute atomic E-state index is 5.91. The highest BCUT2D eigenvalue weighted by atomic mass is 32.1. The number of rotatable bonds is 2. The molecule has 0 aliphatic carbocycles. The molecule has 3 nitrogen and oxygen atoms in total. The SMILES string of the molecule is Cc1ccccc1N=C(N)Nc1ccccc1C.S. The highest BCUT2D eigenvalue weighted by Gasteiger charge is 1.99. The summed E-state index contributed by atoms with van der Waals surface area (Å²) in [6, 6.07) is 15.9. The predicted molar refractivity (Wildman–Crippen MR) is 87.6 cm³/mol. The number of hydrogen-bond acceptors (Lipinski definition) is 1. The number of benzene rings is 2. The number of anilines is 1. The molecule has 0 aliphatic rings. The number of aryl methyl sites for hydroxylation is 2. The van der Waals surface area contributed by atoms with E-state index in [1.54, 1.807) is 0 Å². The fraction of sp³-hybridized carbons (Fsp3) is 0.133. The van der Waals surface area contributed by atoms with Gasteiger partial charge in [0.15, 0.2) is 5.96 Å². The lowest BCUT2D eigenvalue weighted by atomic mass is 10.2. The number of para-hydroxylation sites is 2. The molecule has 0 saturated heterocycles. The standard InChI is InChI=1S/C15H17N3.H2S/c1-11-7-3-5-9-13(11)17-15(16)18-14-10-6-4-8-12(14)2;/h3-10H,1-2H3,(H3,16,17,18);1H2. The average Bonchev–Trinajstić information content (AvgIpc) is 2.35. The van der Waals surface area contributed by atoms with Gasteiger partial charge in [-0.2, -0.15) is 13.5 Å². The number of hydrogen-bond donors (Lipinski definition) is 2. The van der Waals surface area contributed by atoms with Crippen LogP contribution in [0.3, 0.4) is 0 Å². The second-order valence-electron chi connectivity index (χ2n) is 4.22. The molecule has 0 aliphatic heterocycles. The van der Waals surface area contributed by atoms with Gasteiger partial charge in [0.1, 0.15) is 0 Å². The van der Waals surface area contributed by atoms with Crippen LogP contribution in [-0.4, -0.2) is 5.96 Å². The van der Waals surface area contributed by atoms with Gasteiger partial charge in [0, 0.05) is 5.69 Å². The molecule has 0 bridgehead atoms. The molecule has 0 fully saturated rings. The van der Waals surface area contributed by atoms with Crippen LogP contribution in [0.25, 0.3) is 0 Å². The van der Waals surface area contributed by atoms with Gasteiger partial charge in [0.2, 0.25) is 0 Å². The third-order valence-electron chi connectivity index (χ3n) is 2.76. The van der Waals surface area contributed by atoms with E-state index in [9.17, 15) is 0 Å². The van der Waals surface area contributed by atoms with E-state index >= 15 is 0 Å². The van der Waals surface area contributed by atoms with Crippen molar-refractivity contribution in [2.24, 2.45) is 10.7 Å². The van der Waals surface area contributed by atoms with Crippen molar-refractivity contribution in [2.45, 2.75) is 13.8 Å². The van der Waals surface area contributed by atoms with Crippen LogP contribution in [0.4, 0.5) is 11.4 Å². The van der Waals surface area contributed by atoms with Gasteiger partial charge in [0.05, 0.1) is 5.69 Å². The molecule has 0 amide bonds. The summed E-state index contributed by atoms with van der Waals surface area (Å²) < 4.78 is 0. The normalized spacial score (nSPS) is 10.7. The number of nitrogens with two attached hydrogens (primary N) is 1. The van der Waals surface area contributed by atoms with Gasteiger partial charge >= 0.3 is 0 Å². The summed E-state index contributed by atoms with van der Waals surface area (Å²) in [6.07, 6.45) is 0. The molecule has 0 heterocycles. The van der Waals surface area contributed by atoms with E-state index in [-0.39, 0.29) is 13.5 Å². The lowest BCUT2D eigenvalue weighted by molar-refractivity contribution is 1.36. The van der Waals surface area contributed by atoms with Crippen LogP contribution in [0.15, 0.2) is 53.5 Å². The van der Waals surface area contributed by atoms with E-state index in [0.717, 1.165) is 22.5 Å². The summed E-state index contributed by atoms with van der Waals surface area (Å²) in [5, 5.41) is 3.11. The van der Waals surface area contributed by atoms with Crippen LogP contribution in [0.2, 0.25) is 0 Å². The van der Waals surface area contributed by atoms with Gasteiger partial charge in [0.25, 0.3) is 0 Å². The minimum absolute atomic E-state index is 0. The highest BCUT2D eigenvalue weighted by molar-refractivity contribution is 7.59. The van der Waals surface area contributed by atoms with Crippen LogP contribution in [-0.2, 0) is 0 Å². The van der Waals surface area contributed by atoms with Gasteiger partial charge in [-0.1, -0.05) is 36.4 Å². The summed E-state index contributed by atoms with van der Waals surface area (Å²) >= 11 is 0. The fourth-order valence-electron chi connectivity index (χ4n) is 1.70. The molecule has 0 atom stereocenters. The summed E-state index contributed by atoms with van der Waals surface area (Å²) in [5.74, 6) is 0.401. The third-order valence-corrected chi connectivity index (χ3v) is 2.76. The molecule has 3 N–H and O–H groups in total. The molecular formula is C15H19N3S. The lowest BCUT2D eigenvalue weighted by Gasteiger charge is -2.08. The summed E-state index contributed by atoms with van der Waals surface area (Å²) in [7, 11) is 0. The molecule has 0 radical (unpaired) electrons. The van der Waals surface area contributed by atoms with E-state index in [1.165, 1.54) is 0 Å². The molecule has 0 unspecified atom stereocenters. The van der Waals surface area contributed by atoms with Crippen molar-refractivity contribution in [3.63, 3.8) is 0 Å². The highest BCUT2D eigenvalue weighted by Crippen LogP contribution is 2.18. The average molecular weight is 273 g/mol. The van der Waals surface area contributed by atoms with Crippen LogP contribution >= 0.6 is 13.5 Å². The molecule has 19 heavy (non-hydrogen) atoms. The first kappa shape index (κ1) is 15.1. The van der Waals surface area contributed by atoms with Gasteiger partial charge < -0.3 is 11.1 Å². The maximum atomic E-state index is 5.91. The maximum Gasteiger partial charge on any atom is 0.198 e. The Morgan fingerprint density at radius 2 is 1.53 bits per heavy atom. The minimum atomic E-state index is 0. The quantitative estimate of drug-likeness (QED) is 0.650. The van der Waals surface area contributed by atoms with Crippen molar-refractivity contribution < 1.29 is 0 Å². The Kier molecular flexibility index (Phi) is 5.45. The number of nitrogens with one attached hydrogen (secondary N) is 1. The van der Waals surface area contributed by atoms with Crippen LogP contribution in [0.1, 0.15) is 11.1 Å². The van der Waals surface area contributed by atoms with Crippen molar-refractivity contribution in [3.8, 4) is 0 Å². The zero-order chi connectivity index (χ0) is 13.0. The Labute approximate surface area is 121 Å². The molecule has 2 rings (SSSR count). The number of nitrogens with zero attached hydrogens (tertiary/aromatic N) is 1. The Balaban J connectivity index is 0.00000180. The first-order chi connectivity index (χ1) is 8.66. The van der Waals surface area contributed by atoms with Crippen molar-refractivity contribution in [2.75, 3.05) is 5.32 Å². The summed E-state index contributed by atoms with van der Waals surface area (Å²) in [6.45, 7) is 4.04. The van der Waals surface area contributed by atoms with E-state index < -0.39 is 0 Å². The Hall–Kier alpha value is -1.94. The van der Waals surface area contributed by atoms with E-state index in [2.05, 4.69) is 10.3 Å². The first-order valence-electron chi connectivity index (χ1n) is 5.89. The van der Waals surface area contributed by atoms with Crippen molar-refractivity contribution in [3.05, 3.63) is 59.7 Å². The van der Waals surface area contributed by atoms with Crippen molar-refractivity contribution >= 4 is 30.8 Å². The third kappa shape index (κ3) is 4.03. The molecule has 100 valence electrons. The number of aliphatic imine (C=N–C) groups is 1. The van der Waals surface area contributed by atoms with Crippen molar-refractivity contribution in [1.29, 1.82) is 0 Å². The molecular weight excluding hydrogens is 254 g/mol. The molecule has 2 aromatic rings. The summed E-state index contributed by atoms with van der Waals surface area (Å²) in [5.41, 5.74) is 10.0. The topological polar surface area (TPSA) is 50.4 Å². The lowest BCUT2D eigenvalue weighted by Crippen LogP contribution is -2.22. The second-order valence-corrected chi connectivity index (χ2v) is 4.22. The van der Waals surface area contributed by atoms with Gasteiger partial charge in [-0.25, -0.2) is 4.99 Å². The Morgan fingerprint density at radius 3 is 2.16 bits per heavy atom. The zero-order valence-electron chi connectivity index (χ0n) is 11.1.